The predicted molar refractivity (Wildman–Crippen MR) is 74.9 cm³/mol. The molecule has 0 unspecified atom stereocenters. The van der Waals surface area contributed by atoms with Gasteiger partial charge in [-0.1, -0.05) is 12.1 Å². The van der Waals surface area contributed by atoms with Crippen LogP contribution in [-0.4, -0.2) is 27.2 Å². The van der Waals surface area contributed by atoms with Gasteiger partial charge >= 0.3 is 0 Å². The quantitative estimate of drug-likeness (QED) is 0.785. The molecular weight excluding hydrogens is 208 g/mol. The Bertz CT molecular complexity index is 360. The van der Waals surface area contributed by atoms with Crippen LogP contribution in [0.5, 0.6) is 0 Å². The van der Waals surface area contributed by atoms with Crippen LogP contribution in [0, 0.1) is 0 Å². The van der Waals surface area contributed by atoms with Crippen LogP contribution in [0.25, 0.3) is 0 Å². The Morgan fingerprint density at radius 1 is 1.29 bits per heavy atom. The molecule has 0 aromatic heterocycles. The predicted octanol–water partition coefficient (Wildman–Crippen LogP) is 2.61. The first-order valence-corrected chi connectivity index (χ1v) is 6.79. The molecule has 1 heterocycles. The summed E-state index contributed by atoms with van der Waals surface area (Å²) in [5.41, 5.74) is 4.50. The average molecular weight is 232 g/mol. The number of anilines is 1. The van der Waals surface area contributed by atoms with Crippen molar-refractivity contribution in [3.8, 4) is 0 Å². The molecule has 94 valence electrons. The molecule has 0 bridgehead atoms. The van der Waals surface area contributed by atoms with E-state index in [1.807, 2.05) is 7.05 Å². The minimum Gasteiger partial charge on any atom is -0.374 e. The van der Waals surface area contributed by atoms with Crippen LogP contribution in [0.15, 0.2) is 18.2 Å². The lowest BCUT2D eigenvalue weighted by Crippen LogP contribution is -2.24. The third-order valence-corrected chi connectivity index (χ3v) is 3.64. The zero-order valence-electron chi connectivity index (χ0n) is 11.1. The van der Waals surface area contributed by atoms with Crippen molar-refractivity contribution in [2.45, 2.75) is 32.1 Å². The molecule has 1 aromatic carbocycles. The van der Waals surface area contributed by atoms with E-state index in [-0.39, 0.29) is 0 Å². The van der Waals surface area contributed by atoms with Gasteiger partial charge in [-0.15, -0.1) is 0 Å². The molecule has 2 heteroatoms. The summed E-state index contributed by atoms with van der Waals surface area (Å²) in [5, 5.41) is 3.20. The number of nitrogens with one attached hydrogen (secondary N) is 1. The Morgan fingerprint density at radius 2 is 2.18 bits per heavy atom. The van der Waals surface area contributed by atoms with Crippen molar-refractivity contribution in [3.05, 3.63) is 29.3 Å². The van der Waals surface area contributed by atoms with Crippen molar-refractivity contribution >= 4 is 5.69 Å². The van der Waals surface area contributed by atoms with E-state index in [2.05, 4.69) is 35.5 Å². The molecular formula is C15H24N2. The second kappa shape index (κ2) is 6.06. The van der Waals surface area contributed by atoms with Gasteiger partial charge in [-0.05, 0) is 62.9 Å². The summed E-state index contributed by atoms with van der Waals surface area (Å²) >= 11 is 0. The maximum atomic E-state index is 3.20. The third kappa shape index (κ3) is 3.22. The van der Waals surface area contributed by atoms with Crippen LogP contribution in [0.4, 0.5) is 5.69 Å². The van der Waals surface area contributed by atoms with Gasteiger partial charge in [0.2, 0.25) is 0 Å². The summed E-state index contributed by atoms with van der Waals surface area (Å²) in [6.45, 7) is 2.34. The van der Waals surface area contributed by atoms with Crippen molar-refractivity contribution < 1.29 is 0 Å². The maximum Gasteiger partial charge on any atom is 0.0396 e. The van der Waals surface area contributed by atoms with E-state index in [1.54, 1.807) is 5.56 Å². The lowest BCUT2D eigenvalue weighted by Gasteiger charge is -2.27. The van der Waals surface area contributed by atoms with Crippen molar-refractivity contribution in [1.82, 2.24) is 5.32 Å². The number of aryl methyl sites for hydroxylation is 2. The van der Waals surface area contributed by atoms with Crippen LogP contribution < -0.4 is 10.2 Å². The molecule has 2 nitrogen and oxygen atoms in total. The van der Waals surface area contributed by atoms with E-state index in [9.17, 15) is 0 Å². The number of hydrogen-bond acceptors (Lipinski definition) is 2. The summed E-state index contributed by atoms with van der Waals surface area (Å²) in [7, 11) is 4.22. The molecule has 0 fully saturated rings. The van der Waals surface area contributed by atoms with Gasteiger partial charge in [0.15, 0.2) is 0 Å². The number of benzene rings is 1. The molecule has 1 aliphatic rings. The number of hydrogen-bond donors (Lipinski definition) is 1. The summed E-state index contributed by atoms with van der Waals surface area (Å²) in [6.07, 6.45) is 6.33. The molecule has 2 rings (SSSR count). The summed E-state index contributed by atoms with van der Waals surface area (Å²) in [4.78, 5) is 2.38. The molecule has 0 amide bonds. The van der Waals surface area contributed by atoms with Gasteiger partial charge in [0.1, 0.15) is 0 Å². The van der Waals surface area contributed by atoms with Gasteiger partial charge in [0, 0.05) is 19.3 Å². The topological polar surface area (TPSA) is 15.3 Å². The van der Waals surface area contributed by atoms with Gasteiger partial charge in [-0.25, -0.2) is 0 Å². The minimum atomic E-state index is 1.13. The van der Waals surface area contributed by atoms with Crippen LogP contribution >= 0.6 is 0 Å². The largest absolute Gasteiger partial charge is 0.374 e. The van der Waals surface area contributed by atoms with Gasteiger partial charge in [-0.3, -0.25) is 0 Å². The number of nitrogens with zero attached hydrogens (tertiary/aromatic N) is 1. The molecule has 0 spiro atoms. The summed E-state index contributed by atoms with van der Waals surface area (Å²) < 4.78 is 0. The number of fused-ring (bicyclic) bond motifs is 1. The van der Waals surface area contributed by atoms with E-state index in [0.717, 1.165) is 6.54 Å². The molecule has 0 radical (unpaired) electrons. The highest BCUT2D eigenvalue weighted by molar-refractivity contribution is 5.56. The number of unbranched alkanes of at least 4 members (excludes halogenated alkanes) is 1. The zero-order valence-corrected chi connectivity index (χ0v) is 11.1. The van der Waals surface area contributed by atoms with E-state index in [4.69, 9.17) is 0 Å². The van der Waals surface area contributed by atoms with Gasteiger partial charge in [0.05, 0.1) is 0 Å². The van der Waals surface area contributed by atoms with Crippen molar-refractivity contribution in [1.29, 1.82) is 0 Å². The molecule has 0 saturated heterocycles. The standard InChI is InChI=1S/C15H24N2/c1-16-10-4-3-6-13-8-9-15-14(12-13)7-5-11-17(15)2/h8-9,12,16H,3-7,10-11H2,1-2H3. The highest BCUT2D eigenvalue weighted by Gasteiger charge is 2.13. The Kier molecular flexibility index (Phi) is 4.43. The smallest absolute Gasteiger partial charge is 0.0396 e. The lowest BCUT2D eigenvalue weighted by atomic mass is 9.97. The van der Waals surface area contributed by atoms with Crippen molar-refractivity contribution in [2.75, 3.05) is 32.1 Å². The lowest BCUT2D eigenvalue weighted by molar-refractivity contribution is 0.675. The van der Waals surface area contributed by atoms with Crippen molar-refractivity contribution in [2.24, 2.45) is 0 Å². The second-order valence-electron chi connectivity index (χ2n) is 5.05. The normalized spacial score (nSPS) is 14.8. The molecule has 17 heavy (non-hydrogen) atoms. The van der Waals surface area contributed by atoms with Gasteiger partial charge < -0.3 is 10.2 Å². The molecule has 1 aromatic rings. The molecule has 0 atom stereocenters. The Hall–Kier alpha value is -1.02. The maximum absolute atomic E-state index is 3.20. The molecule has 0 saturated carbocycles. The Balaban J connectivity index is 1.96. The second-order valence-corrected chi connectivity index (χ2v) is 5.05. The van der Waals surface area contributed by atoms with Crippen LogP contribution in [0.3, 0.4) is 0 Å². The van der Waals surface area contributed by atoms with E-state index < -0.39 is 0 Å². The van der Waals surface area contributed by atoms with Gasteiger partial charge in [0.25, 0.3) is 0 Å². The van der Waals surface area contributed by atoms with Crippen LogP contribution in [-0.2, 0) is 12.8 Å². The average Bonchev–Trinajstić information content (AvgIpc) is 2.35. The van der Waals surface area contributed by atoms with Crippen molar-refractivity contribution in [3.63, 3.8) is 0 Å². The Morgan fingerprint density at radius 3 is 3.00 bits per heavy atom. The van der Waals surface area contributed by atoms with Crippen LogP contribution in [0.2, 0.25) is 0 Å². The monoisotopic (exact) mass is 232 g/mol. The molecule has 1 N–H and O–H groups in total. The first-order valence-electron chi connectivity index (χ1n) is 6.79. The van der Waals surface area contributed by atoms with Gasteiger partial charge in [-0.2, -0.15) is 0 Å². The van der Waals surface area contributed by atoms with Crippen LogP contribution in [0.1, 0.15) is 30.4 Å². The first-order chi connectivity index (χ1) is 8.31. The SMILES string of the molecule is CNCCCCc1ccc2c(c1)CCCN2C. The highest BCUT2D eigenvalue weighted by atomic mass is 15.1. The zero-order chi connectivity index (χ0) is 12.1. The highest BCUT2D eigenvalue weighted by Crippen LogP contribution is 2.27. The fraction of sp³-hybridized carbons (Fsp3) is 0.600. The Labute approximate surface area is 105 Å². The molecule has 1 aliphatic heterocycles. The minimum absolute atomic E-state index is 1.13. The third-order valence-electron chi connectivity index (χ3n) is 3.64. The van der Waals surface area contributed by atoms with E-state index in [1.165, 1.54) is 49.9 Å². The van der Waals surface area contributed by atoms with E-state index >= 15 is 0 Å². The summed E-state index contributed by atoms with van der Waals surface area (Å²) in [5.74, 6) is 0. The fourth-order valence-electron chi connectivity index (χ4n) is 2.63. The van der Waals surface area contributed by atoms with E-state index in [0.29, 0.717) is 0 Å². The molecule has 0 aliphatic carbocycles. The number of rotatable bonds is 5. The first kappa shape index (κ1) is 12.4. The summed E-state index contributed by atoms with van der Waals surface area (Å²) in [6, 6.07) is 7.03. The fourth-order valence-corrected chi connectivity index (χ4v) is 2.63.